The van der Waals surface area contributed by atoms with E-state index in [0.29, 0.717) is 13.0 Å². The van der Waals surface area contributed by atoms with Crippen LogP contribution in [0.5, 0.6) is 5.75 Å². The number of hydrogen-bond donors (Lipinski definition) is 3. The van der Waals surface area contributed by atoms with Crippen molar-refractivity contribution in [2.75, 3.05) is 6.61 Å². The number of carbonyl (C=O) groups is 1. The minimum atomic E-state index is -0.587. The van der Waals surface area contributed by atoms with E-state index >= 15 is 0 Å². The van der Waals surface area contributed by atoms with E-state index in [1.54, 1.807) is 0 Å². The Balaban J connectivity index is 1.40. The number of nitrogens with one attached hydrogen (secondary N) is 2. The van der Waals surface area contributed by atoms with E-state index in [1.807, 2.05) is 48.5 Å². The summed E-state index contributed by atoms with van der Waals surface area (Å²) in [6.07, 6.45) is 0.727. The molecule has 1 aliphatic heterocycles. The largest absolute Gasteiger partial charge is 0.491 e. The zero-order valence-corrected chi connectivity index (χ0v) is 13.2. The highest BCUT2D eigenvalue weighted by Crippen LogP contribution is 2.31. The zero-order valence-electron chi connectivity index (χ0n) is 13.2. The number of rotatable bonds is 2. The first-order valence-electron chi connectivity index (χ1n) is 8.24. The van der Waals surface area contributed by atoms with E-state index in [-0.39, 0.29) is 18.1 Å². The molecule has 0 bridgehead atoms. The van der Waals surface area contributed by atoms with Crippen LogP contribution < -0.4 is 15.4 Å². The molecule has 24 heavy (non-hydrogen) atoms. The van der Waals surface area contributed by atoms with Gasteiger partial charge in [0.25, 0.3) is 0 Å². The quantitative estimate of drug-likeness (QED) is 0.791. The molecule has 0 fully saturated rings. The van der Waals surface area contributed by atoms with Crippen LogP contribution in [0.15, 0.2) is 48.5 Å². The summed E-state index contributed by atoms with van der Waals surface area (Å²) < 4.78 is 5.69. The first-order valence-corrected chi connectivity index (χ1v) is 8.24. The van der Waals surface area contributed by atoms with Gasteiger partial charge in [-0.1, -0.05) is 42.5 Å². The van der Waals surface area contributed by atoms with Gasteiger partial charge in [0, 0.05) is 6.42 Å². The van der Waals surface area contributed by atoms with Crippen molar-refractivity contribution in [1.82, 2.24) is 10.6 Å². The number of hydrogen-bond acceptors (Lipinski definition) is 3. The van der Waals surface area contributed by atoms with Crippen LogP contribution in [-0.2, 0) is 12.8 Å². The monoisotopic (exact) mass is 324 g/mol. The molecule has 0 radical (unpaired) electrons. The van der Waals surface area contributed by atoms with E-state index in [1.165, 1.54) is 0 Å². The number of carbonyl (C=O) groups excluding carboxylic acids is 1. The van der Waals surface area contributed by atoms with Gasteiger partial charge in [0.15, 0.2) is 0 Å². The number of para-hydroxylation sites is 1. The van der Waals surface area contributed by atoms with Crippen LogP contribution in [0, 0.1) is 0 Å². The molecule has 3 unspecified atom stereocenters. The topological polar surface area (TPSA) is 70.6 Å². The summed E-state index contributed by atoms with van der Waals surface area (Å²) in [6.45, 7) is 0.453. The normalized spacial score (nSPS) is 24.5. The Bertz CT molecular complexity index is 762. The Hall–Kier alpha value is -2.53. The molecule has 5 nitrogen and oxygen atoms in total. The molecular weight excluding hydrogens is 304 g/mol. The maximum Gasteiger partial charge on any atom is 0.315 e. The Morgan fingerprint density at radius 2 is 1.75 bits per heavy atom. The Kier molecular flexibility index (Phi) is 3.86. The number of fused-ring (bicyclic) bond motifs is 2. The molecule has 1 aliphatic carbocycles. The third-order valence-corrected chi connectivity index (χ3v) is 4.70. The first kappa shape index (κ1) is 15.0. The standard InChI is InChI=1S/C19H20N2O3/c22-16-10-12-5-1-3-7-15(12)18(16)21-19(23)20-14-9-13-6-2-4-8-17(13)24-11-14/h1-8,14,16,18,22H,9-11H2,(H2,20,21,23). The lowest BCUT2D eigenvalue weighted by atomic mass is 10.0. The van der Waals surface area contributed by atoms with E-state index in [4.69, 9.17) is 4.74 Å². The van der Waals surface area contributed by atoms with Crippen molar-refractivity contribution < 1.29 is 14.6 Å². The summed E-state index contributed by atoms with van der Waals surface area (Å²) in [5.41, 5.74) is 3.18. The maximum absolute atomic E-state index is 12.3. The fraction of sp³-hybridized carbons (Fsp3) is 0.316. The molecule has 0 aromatic heterocycles. The van der Waals surface area contributed by atoms with Gasteiger partial charge in [-0.25, -0.2) is 4.79 Å². The van der Waals surface area contributed by atoms with Crippen LogP contribution in [0.3, 0.4) is 0 Å². The summed E-state index contributed by atoms with van der Waals surface area (Å²) in [7, 11) is 0. The molecule has 0 saturated carbocycles. The van der Waals surface area contributed by atoms with Crippen LogP contribution >= 0.6 is 0 Å². The molecule has 2 aromatic carbocycles. The SMILES string of the molecule is O=C(NC1COc2ccccc2C1)NC1c2ccccc2CC1O. The van der Waals surface area contributed by atoms with E-state index in [0.717, 1.165) is 28.9 Å². The van der Waals surface area contributed by atoms with Gasteiger partial charge in [-0.3, -0.25) is 0 Å². The fourth-order valence-electron chi connectivity index (χ4n) is 3.54. The van der Waals surface area contributed by atoms with Crippen LogP contribution in [0.4, 0.5) is 4.79 Å². The number of aliphatic hydroxyl groups is 1. The molecule has 0 spiro atoms. The van der Waals surface area contributed by atoms with Gasteiger partial charge >= 0.3 is 6.03 Å². The van der Waals surface area contributed by atoms with Gasteiger partial charge in [0.1, 0.15) is 12.4 Å². The van der Waals surface area contributed by atoms with Crippen LogP contribution in [0.2, 0.25) is 0 Å². The molecule has 4 rings (SSSR count). The highest BCUT2D eigenvalue weighted by Gasteiger charge is 2.32. The summed E-state index contributed by atoms with van der Waals surface area (Å²) in [4.78, 5) is 12.3. The van der Waals surface area contributed by atoms with Crippen molar-refractivity contribution >= 4 is 6.03 Å². The predicted octanol–water partition coefficient (Wildman–Crippen LogP) is 1.95. The number of ether oxygens (including phenoxy) is 1. The molecular formula is C19H20N2O3. The van der Waals surface area contributed by atoms with Crippen LogP contribution in [0.1, 0.15) is 22.7 Å². The number of aliphatic hydroxyl groups excluding tert-OH is 1. The minimum Gasteiger partial charge on any atom is -0.491 e. The molecule has 0 saturated heterocycles. The molecule has 5 heteroatoms. The predicted molar refractivity (Wildman–Crippen MR) is 90.0 cm³/mol. The molecule has 2 amide bonds. The van der Waals surface area contributed by atoms with E-state index in [2.05, 4.69) is 10.6 Å². The summed E-state index contributed by atoms with van der Waals surface area (Å²) >= 11 is 0. The lowest BCUT2D eigenvalue weighted by Crippen LogP contribution is -2.49. The van der Waals surface area contributed by atoms with Crippen molar-refractivity contribution in [2.45, 2.75) is 31.0 Å². The maximum atomic E-state index is 12.3. The summed E-state index contributed by atoms with van der Waals surface area (Å²) in [5.74, 6) is 0.885. The molecule has 1 heterocycles. The Morgan fingerprint density at radius 1 is 1.00 bits per heavy atom. The second-order valence-corrected chi connectivity index (χ2v) is 6.39. The number of benzene rings is 2. The number of amides is 2. The Morgan fingerprint density at radius 3 is 2.62 bits per heavy atom. The van der Waals surface area contributed by atoms with Gasteiger partial charge < -0.3 is 20.5 Å². The van der Waals surface area contributed by atoms with Gasteiger partial charge in [-0.05, 0) is 29.2 Å². The third kappa shape index (κ3) is 2.83. The van der Waals surface area contributed by atoms with E-state index in [9.17, 15) is 9.90 Å². The summed E-state index contributed by atoms with van der Waals surface area (Å²) in [5, 5.41) is 16.1. The second kappa shape index (κ2) is 6.17. The minimum absolute atomic E-state index is 0.0753. The average Bonchev–Trinajstić information content (AvgIpc) is 2.90. The van der Waals surface area contributed by atoms with Gasteiger partial charge in [0.05, 0.1) is 18.2 Å². The zero-order chi connectivity index (χ0) is 16.5. The smallest absolute Gasteiger partial charge is 0.315 e. The summed E-state index contributed by atoms with van der Waals surface area (Å²) in [6, 6.07) is 15.0. The highest BCUT2D eigenvalue weighted by molar-refractivity contribution is 5.75. The molecule has 2 aliphatic rings. The molecule has 3 atom stereocenters. The fourth-order valence-corrected chi connectivity index (χ4v) is 3.54. The van der Waals surface area contributed by atoms with Gasteiger partial charge in [-0.15, -0.1) is 0 Å². The second-order valence-electron chi connectivity index (χ2n) is 6.39. The lowest BCUT2D eigenvalue weighted by molar-refractivity contribution is 0.140. The molecule has 3 N–H and O–H groups in total. The van der Waals surface area contributed by atoms with Crippen molar-refractivity contribution in [3.63, 3.8) is 0 Å². The van der Waals surface area contributed by atoms with Crippen molar-refractivity contribution in [3.8, 4) is 5.75 Å². The lowest BCUT2D eigenvalue weighted by Gasteiger charge is -2.27. The van der Waals surface area contributed by atoms with Crippen LogP contribution in [-0.4, -0.2) is 29.9 Å². The van der Waals surface area contributed by atoms with Crippen molar-refractivity contribution in [2.24, 2.45) is 0 Å². The number of urea groups is 1. The molecule has 124 valence electrons. The first-order chi connectivity index (χ1) is 11.7. The molecule has 2 aromatic rings. The van der Waals surface area contributed by atoms with Crippen molar-refractivity contribution in [3.05, 3.63) is 65.2 Å². The van der Waals surface area contributed by atoms with Gasteiger partial charge in [-0.2, -0.15) is 0 Å². The van der Waals surface area contributed by atoms with Gasteiger partial charge in [0.2, 0.25) is 0 Å². The van der Waals surface area contributed by atoms with Crippen LogP contribution in [0.25, 0.3) is 0 Å². The Labute approximate surface area is 140 Å². The highest BCUT2D eigenvalue weighted by atomic mass is 16.5. The van der Waals surface area contributed by atoms with E-state index < -0.39 is 6.10 Å². The average molecular weight is 324 g/mol. The third-order valence-electron chi connectivity index (χ3n) is 4.70. The van der Waals surface area contributed by atoms with Crippen molar-refractivity contribution in [1.29, 1.82) is 0 Å².